The number of nitrogens with two attached hydrogens (primary N) is 2. The molecule has 0 spiro atoms. The van der Waals surface area contributed by atoms with Crippen LogP contribution in [0.5, 0.6) is 0 Å². The van der Waals surface area contributed by atoms with Crippen LogP contribution in [0.15, 0.2) is 6.07 Å². The van der Waals surface area contributed by atoms with Gasteiger partial charge in [0.2, 0.25) is 0 Å². The van der Waals surface area contributed by atoms with E-state index in [1.165, 1.54) is 0 Å². The van der Waals surface area contributed by atoms with Gasteiger partial charge in [-0.2, -0.15) is 0 Å². The minimum atomic E-state index is -1.59. The van der Waals surface area contributed by atoms with Crippen LogP contribution < -0.4 is 11.5 Å². The molecule has 1 rings (SSSR count). The fraction of sp³-hybridized carbons (Fsp3) is 0. The molecule has 0 aliphatic rings. The first kappa shape index (κ1) is 12.3. The number of aromatic carboxylic acids is 3. The second-order valence-corrected chi connectivity index (χ2v) is 3.09. The van der Waals surface area contributed by atoms with Crippen molar-refractivity contribution in [3.63, 3.8) is 0 Å². The maximum absolute atomic E-state index is 10.8. The predicted molar refractivity (Wildman–Crippen MR) is 56.1 cm³/mol. The van der Waals surface area contributed by atoms with Gasteiger partial charge in [-0.25, -0.2) is 14.4 Å². The van der Waals surface area contributed by atoms with Gasteiger partial charge in [0.15, 0.2) is 0 Å². The molecule has 0 aliphatic heterocycles. The molecule has 8 nitrogen and oxygen atoms in total. The van der Waals surface area contributed by atoms with Crippen LogP contribution in [0.2, 0.25) is 0 Å². The zero-order valence-corrected chi connectivity index (χ0v) is 8.30. The summed E-state index contributed by atoms with van der Waals surface area (Å²) in [5.74, 6) is -4.66. The summed E-state index contributed by atoms with van der Waals surface area (Å²) in [5.41, 5.74) is 7.53. The van der Waals surface area contributed by atoms with E-state index in [0.29, 0.717) is 0 Å². The lowest BCUT2D eigenvalue weighted by molar-refractivity contribution is 0.0696. The second kappa shape index (κ2) is 4.00. The topological polar surface area (TPSA) is 164 Å². The monoisotopic (exact) mass is 240 g/mol. The van der Waals surface area contributed by atoms with Crippen molar-refractivity contribution in [3.05, 3.63) is 22.8 Å². The van der Waals surface area contributed by atoms with Crippen molar-refractivity contribution in [2.75, 3.05) is 11.5 Å². The highest BCUT2D eigenvalue weighted by Gasteiger charge is 2.25. The van der Waals surface area contributed by atoms with E-state index in [1.807, 2.05) is 0 Å². The van der Waals surface area contributed by atoms with Crippen molar-refractivity contribution < 1.29 is 29.7 Å². The summed E-state index contributed by atoms with van der Waals surface area (Å²) < 4.78 is 0. The van der Waals surface area contributed by atoms with Gasteiger partial charge in [-0.3, -0.25) is 0 Å². The van der Waals surface area contributed by atoms with Gasteiger partial charge in [-0.15, -0.1) is 0 Å². The smallest absolute Gasteiger partial charge is 0.339 e. The highest BCUT2D eigenvalue weighted by Crippen LogP contribution is 2.28. The van der Waals surface area contributed by atoms with Crippen LogP contribution in [-0.4, -0.2) is 33.2 Å². The molecule has 0 saturated heterocycles. The Morgan fingerprint density at radius 3 is 1.41 bits per heavy atom. The molecular weight excluding hydrogens is 232 g/mol. The zero-order chi connectivity index (χ0) is 13.3. The van der Waals surface area contributed by atoms with E-state index in [-0.39, 0.29) is 0 Å². The number of carboxylic acids is 3. The first-order chi connectivity index (χ1) is 7.77. The summed E-state index contributed by atoms with van der Waals surface area (Å²) in [6.45, 7) is 0. The minimum Gasteiger partial charge on any atom is -0.478 e. The summed E-state index contributed by atoms with van der Waals surface area (Å²) in [5, 5.41) is 26.3. The fourth-order valence-electron chi connectivity index (χ4n) is 1.30. The fourth-order valence-corrected chi connectivity index (χ4v) is 1.30. The third-order valence-electron chi connectivity index (χ3n) is 2.08. The molecule has 0 saturated carbocycles. The van der Waals surface area contributed by atoms with Gasteiger partial charge in [0, 0.05) is 0 Å². The standard InChI is InChI=1S/C9H8N2O6/c10-5-2(7(12)13)1-3(8(14)15)6(11)4(5)9(16)17/h1H,10-11H2,(H,12,13)(H,14,15)(H,16,17). The Hall–Kier alpha value is -2.77. The quantitative estimate of drug-likeness (QED) is 0.458. The Bertz CT molecular complexity index is 499. The lowest BCUT2D eigenvalue weighted by atomic mass is 10.00. The third-order valence-corrected chi connectivity index (χ3v) is 2.08. The number of rotatable bonds is 3. The Labute approximate surface area is 94.1 Å². The van der Waals surface area contributed by atoms with Crippen LogP contribution in [0.3, 0.4) is 0 Å². The Morgan fingerprint density at radius 1 is 0.824 bits per heavy atom. The molecule has 0 fully saturated rings. The molecule has 0 aromatic heterocycles. The van der Waals surface area contributed by atoms with Gasteiger partial charge < -0.3 is 26.8 Å². The number of hydrogen-bond donors (Lipinski definition) is 5. The lowest BCUT2D eigenvalue weighted by Crippen LogP contribution is -2.16. The molecule has 1 aromatic carbocycles. The largest absolute Gasteiger partial charge is 0.478 e. The summed E-state index contributed by atoms with van der Waals surface area (Å²) >= 11 is 0. The van der Waals surface area contributed by atoms with E-state index in [2.05, 4.69) is 0 Å². The number of hydrogen-bond acceptors (Lipinski definition) is 5. The van der Waals surface area contributed by atoms with Crippen molar-refractivity contribution in [3.8, 4) is 0 Å². The van der Waals surface area contributed by atoms with Crippen LogP contribution in [0.4, 0.5) is 11.4 Å². The molecule has 17 heavy (non-hydrogen) atoms. The molecule has 0 amide bonds. The predicted octanol–water partition coefficient (Wildman–Crippen LogP) is -0.0544. The maximum atomic E-state index is 10.8. The molecule has 0 heterocycles. The molecule has 1 aromatic rings. The average molecular weight is 240 g/mol. The number of anilines is 2. The van der Waals surface area contributed by atoms with E-state index < -0.39 is 46.0 Å². The van der Waals surface area contributed by atoms with Crippen LogP contribution in [0.25, 0.3) is 0 Å². The summed E-state index contributed by atoms with van der Waals surface area (Å²) in [6, 6.07) is 0.724. The number of carbonyl (C=O) groups is 3. The van der Waals surface area contributed by atoms with E-state index >= 15 is 0 Å². The van der Waals surface area contributed by atoms with Gasteiger partial charge in [0.1, 0.15) is 5.56 Å². The Morgan fingerprint density at radius 2 is 1.18 bits per heavy atom. The Kier molecular flexibility index (Phi) is 2.90. The van der Waals surface area contributed by atoms with Crippen LogP contribution in [0, 0.1) is 0 Å². The van der Waals surface area contributed by atoms with Crippen LogP contribution in [0.1, 0.15) is 31.1 Å². The van der Waals surface area contributed by atoms with Gasteiger partial charge in [-0.1, -0.05) is 0 Å². The SMILES string of the molecule is Nc1c(C(=O)O)cc(C(=O)O)c(N)c1C(=O)O. The van der Waals surface area contributed by atoms with Crippen LogP contribution in [-0.2, 0) is 0 Å². The highest BCUT2D eigenvalue weighted by molar-refractivity contribution is 6.11. The second-order valence-electron chi connectivity index (χ2n) is 3.09. The number of carboxylic acid groups (broad SMARTS) is 3. The maximum Gasteiger partial charge on any atom is 0.339 e. The first-order valence-electron chi connectivity index (χ1n) is 4.19. The van der Waals surface area contributed by atoms with Gasteiger partial charge >= 0.3 is 17.9 Å². The van der Waals surface area contributed by atoms with Crippen molar-refractivity contribution in [1.82, 2.24) is 0 Å². The van der Waals surface area contributed by atoms with Crippen molar-refractivity contribution in [2.45, 2.75) is 0 Å². The van der Waals surface area contributed by atoms with Crippen molar-refractivity contribution >= 4 is 29.3 Å². The molecule has 90 valence electrons. The summed E-state index contributed by atoms with van der Waals surface area (Å²) in [6.07, 6.45) is 0. The summed E-state index contributed by atoms with van der Waals surface area (Å²) in [4.78, 5) is 32.4. The Balaban J connectivity index is 3.76. The van der Waals surface area contributed by atoms with Crippen LogP contribution >= 0.6 is 0 Å². The molecule has 0 aliphatic carbocycles. The third kappa shape index (κ3) is 1.95. The first-order valence-corrected chi connectivity index (χ1v) is 4.19. The normalized spacial score (nSPS) is 9.88. The molecular formula is C9H8N2O6. The molecule has 8 heteroatoms. The van der Waals surface area contributed by atoms with Gasteiger partial charge in [0.05, 0.1) is 22.5 Å². The molecule has 0 bridgehead atoms. The van der Waals surface area contributed by atoms with Gasteiger partial charge in [0.25, 0.3) is 0 Å². The number of benzene rings is 1. The summed E-state index contributed by atoms with van der Waals surface area (Å²) in [7, 11) is 0. The number of nitrogen functional groups attached to an aromatic ring is 2. The molecule has 0 unspecified atom stereocenters. The molecule has 0 radical (unpaired) electrons. The van der Waals surface area contributed by atoms with E-state index in [0.717, 1.165) is 6.07 Å². The highest BCUT2D eigenvalue weighted by atomic mass is 16.4. The van der Waals surface area contributed by atoms with E-state index in [1.54, 1.807) is 0 Å². The minimum absolute atomic E-state index is 0.576. The lowest BCUT2D eigenvalue weighted by Gasteiger charge is -2.10. The average Bonchev–Trinajstić information content (AvgIpc) is 2.15. The van der Waals surface area contributed by atoms with Crippen molar-refractivity contribution in [2.24, 2.45) is 0 Å². The van der Waals surface area contributed by atoms with Gasteiger partial charge in [-0.05, 0) is 6.07 Å². The van der Waals surface area contributed by atoms with Crippen molar-refractivity contribution in [1.29, 1.82) is 0 Å². The molecule has 0 atom stereocenters. The zero-order valence-electron chi connectivity index (χ0n) is 8.30. The van der Waals surface area contributed by atoms with E-state index in [4.69, 9.17) is 26.8 Å². The molecule has 7 N–H and O–H groups in total. The van der Waals surface area contributed by atoms with E-state index in [9.17, 15) is 14.4 Å².